The second-order valence-corrected chi connectivity index (χ2v) is 4.60. The van der Waals surface area contributed by atoms with Crippen LogP contribution in [0, 0.1) is 13.0 Å². The molecule has 0 saturated carbocycles. The van der Waals surface area contributed by atoms with E-state index >= 15 is 0 Å². The van der Waals surface area contributed by atoms with Crippen LogP contribution in [0.3, 0.4) is 0 Å². The molecule has 2 rings (SSSR count). The van der Waals surface area contributed by atoms with Crippen LogP contribution in [0.2, 0.25) is 0 Å². The number of aryl methyl sites for hydroxylation is 1. The summed E-state index contributed by atoms with van der Waals surface area (Å²) < 4.78 is 6.09. The van der Waals surface area contributed by atoms with Crippen molar-refractivity contribution in [1.29, 1.82) is 0 Å². The number of aliphatic hydroxyl groups is 1. The zero-order valence-corrected chi connectivity index (χ0v) is 11.5. The fraction of sp³-hybridized carbons (Fsp3) is 0.333. The molecule has 1 radical (unpaired) electrons. The minimum atomic E-state index is -0.759. The molecule has 2 aromatic rings. The average Bonchev–Trinajstić information content (AvgIpc) is 2.43. The van der Waals surface area contributed by atoms with E-state index < -0.39 is 6.10 Å². The maximum atomic E-state index is 12.3. The number of rotatable bonds is 5. The maximum absolute atomic E-state index is 12.3. The van der Waals surface area contributed by atoms with Crippen LogP contribution >= 0.6 is 0 Å². The number of aliphatic hydroxyl groups excluding tert-OH is 1. The fourth-order valence-electron chi connectivity index (χ4n) is 1.92. The van der Waals surface area contributed by atoms with E-state index in [1.165, 1.54) is 11.8 Å². The van der Waals surface area contributed by atoms with E-state index in [9.17, 15) is 9.90 Å². The Kier molecular flexibility index (Phi) is 4.65. The zero-order chi connectivity index (χ0) is 14.5. The molecule has 0 fully saturated rings. The minimum absolute atomic E-state index is 0.107. The Hall–Kier alpha value is -1.98. The van der Waals surface area contributed by atoms with Crippen molar-refractivity contribution >= 4 is 0 Å². The normalized spacial score (nSPS) is 12.3. The van der Waals surface area contributed by atoms with E-state index in [0.717, 1.165) is 11.1 Å². The molecule has 1 unspecified atom stereocenters. The van der Waals surface area contributed by atoms with E-state index in [-0.39, 0.29) is 18.7 Å². The van der Waals surface area contributed by atoms with Gasteiger partial charge in [-0.1, -0.05) is 12.1 Å². The number of hydrogen-bond donors (Lipinski definition) is 1. The van der Waals surface area contributed by atoms with Gasteiger partial charge in [0.15, 0.2) is 0 Å². The van der Waals surface area contributed by atoms with Crippen molar-refractivity contribution in [3.63, 3.8) is 0 Å². The molecule has 5 nitrogen and oxygen atoms in total. The van der Waals surface area contributed by atoms with Crippen molar-refractivity contribution in [2.75, 3.05) is 13.7 Å². The number of methoxy groups -OCH3 is 1. The highest BCUT2D eigenvalue weighted by molar-refractivity contribution is 5.61. The van der Waals surface area contributed by atoms with Crippen LogP contribution in [0.1, 0.15) is 5.56 Å². The molecule has 1 heterocycles. The van der Waals surface area contributed by atoms with Gasteiger partial charge in [0.25, 0.3) is 5.56 Å². The van der Waals surface area contributed by atoms with Crippen LogP contribution in [0.4, 0.5) is 0 Å². The molecule has 105 valence electrons. The summed E-state index contributed by atoms with van der Waals surface area (Å²) in [6.45, 7) is 2.21. The Morgan fingerprint density at radius 1 is 1.45 bits per heavy atom. The first-order valence-corrected chi connectivity index (χ1v) is 6.33. The van der Waals surface area contributed by atoms with Crippen molar-refractivity contribution < 1.29 is 9.84 Å². The van der Waals surface area contributed by atoms with Crippen molar-refractivity contribution in [2.45, 2.75) is 19.6 Å². The summed E-state index contributed by atoms with van der Waals surface area (Å²) >= 11 is 0. The van der Waals surface area contributed by atoms with Gasteiger partial charge in [-0.3, -0.25) is 4.79 Å². The quantitative estimate of drug-likeness (QED) is 0.883. The third-order valence-corrected chi connectivity index (χ3v) is 2.93. The summed E-state index contributed by atoms with van der Waals surface area (Å²) in [5.74, 6) is 0. The van der Waals surface area contributed by atoms with Gasteiger partial charge >= 0.3 is 0 Å². The lowest BCUT2D eigenvalue weighted by atomic mass is 10.1. The molecule has 0 amide bonds. The van der Waals surface area contributed by atoms with Crippen LogP contribution in [-0.4, -0.2) is 34.7 Å². The molecule has 1 aromatic heterocycles. The van der Waals surface area contributed by atoms with E-state index in [4.69, 9.17) is 4.74 Å². The first-order chi connectivity index (χ1) is 9.61. The molecular weight excluding hydrogens is 256 g/mol. The molecule has 0 aliphatic carbocycles. The van der Waals surface area contributed by atoms with E-state index in [1.807, 2.05) is 19.1 Å². The predicted molar refractivity (Wildman–Crippen MR) is 75.4 cm³/mol. The SMILES string of the molecule is COCC(O)Cn1nccc(-c2c[c]c(C)cc2)c1=O. The summed E-state index contributed by atoms with van der Waals surface area (Å²) in [6.07, 6.45) is 0.792. The van der Waals surface area contributed by atoms with Crippen LogP contribution in [0.25, 0.3) is 11.1 Å². The number of ether oxygens (including phenoxy) is 1. The van der Waals surface area contributed by atoms with Gasteiger partial charge in [-0.05, 0) is 36.2 Å². The van der Waals surface area contributed by atoms with Gasteiger partial charge in [-0.2, -0.15) is 5.10 Å². The molecule has 0 bridgehead atoms. The van der Waals surface area contributed by atoms with Gasteiger partial charge in [0.1, 0.15) is 0 Å². The zero-order valence-electron chi connectivity index (χ0n) is 11.5. The average molecular weight is 273 g/mol. The lowest BCUT2D eigenvalue weighted by Crippen LogP contribution is -2.31. The Balaban J connectivity index is 2.32. The number of hydrogen-bond acceptors (Lipinski definition) is 4. The highest BCUT2D eigenvalue weighted by Gasteiger charge is 2.10. The Morgan fingerprint density at radius 2 is 2.25 bits per heavy atom. The van der Waals surface area contributed by atoms with Crippen LogP contribution in [0.15, 0.2) is 35.3 Å². The monoisotopic (exact) mass is 273 g/mol. The van der Waals surface area contributed by atoms with E-state index in [0.29, 0.717) is 5.56 Å². The number of nitrogens with zero attached hydrogens (tertiary/aromatic N) is 2. The second kappa shape index (κ2) is 6.45. The van der Waals surface area contributed by atoms with Gasteiger partial charge in [0, 0.05) is 13.3 Å². The smallest absolute Gasteiger partial charge is 0.274 e. The summed E-state index contributed by atoms with van der Waals surface area (Å²) in [5, 5.41) is 13.7. The fourth-order valence-corrected chi connectivity index (χ4v) is 1.92. The standard InChI is InChI=1S/C15H17N2O3/c1-11-3-5-12(6-4-11)14-7-8-16-17(15(14)19)9-13(18)10-20-2/h3,5-8,13,18H,9-10H2,1-2H3. The molecule has 1 atom stereocenters. The Morgan fingerprint density at radius 3 is 2.90 bits per heavy atom. The molecule has 0 aliphatic heterocycles. The van der Waals surface area contributed by atoms with Crippen molar-refractivity contribution in [2.24, 2.45) is 0 Å². The minimum Gasteiger partial charge on any atom is -0.389 e. The molecule has 1 aromatic carbocycles. The van der Waals surface area contributed by atoms with Crippen molar-refractivity contribution in [3.05, 3.63) is 52.4 Å². The third-order valence-electron chi connectivity index (χ3n) is 2.93. The van der Waals surface area contributed by atoms with Crippen LogP contribution in [-0.2, 0) is 11.3 Å². The predicted octanol–water partition coefficient (Wildman–Crippen LogP) is 1.03. The van der Waals surface area contributed by atoms with Crippen LogP contribution in [0.5, 0.6) is 0 Å². The Bertz CT molecular complexity index is 620. The largest absolute Gasteiger partial charge is 0.389 e. The number of aromatic nitrogens is 2. The van der Waals surface area contributed by atoms with Gasteiger partial charge in [-0.25, -0.2) is 4.68 Å². The van der Waals surface area contributed by atoms with Gasteiger partial charge in [0.2, 0.25) is 0 Å². The highest BCUT2D eigenvalue weighted by Crippen LogP contribution is 2.14. The van der Waals surface area contributed by atoms with Gasteiger partial charge in [0.05, 0.1) is 24.8 Å². The molecule has 5 heteroatoms. The molecule has 0 saturated heterocycles. The molecule has 0 aliphatic rings. The van der Waals surface area contributed by atoms with E-state index in [2.05, 4.69) is 11.2 Å². The van der Waals surface area contributed by atoms with Gasteiger partial charge in [-0.15, -0.1) is 0 Å². The summed E-state index contributed by atoms with van der Waals surface area (Å²) in [6, 6.07) is 10.3. The first kappa shape index (κ1) is 14.4. The molecular formula is C15H17N2O3. The summed E-state index contributed by atoms with van der Waals surface area (Å²) in [5.41, 5.74) is 2.11. The first-order valence-electron chi connectivity index (χ1n) is 6.33. The van der Waals surface area contributed by atoms with Gasteiger partial charge < -0.3 is 9.84 Å². The van der Waals surface area contributed by atoms with Crippen molar-refractivity contribution in [3.8, 4) is 11.1 Å². The van der Waals surface area contributed by atoms with Crippen LogP contribution < -0.4 is 5.56 Å². The maximum Gasteiger partial charge on any atom is 0.274 e. The summed E-state index contributed by atoms with van der Waals surface area (Å²) in [7, 11) is 1.50. The number of benzene rings is 1. The van der Waals surface area contributed by atoms with Crippen molar-refractivity contribution in [1.82, 2.24) is 9.78 Å². The lowest BCUT2D eigenvalue weighted by molar-refractivity contribution is 0.0504. The lowest BCUT2D eigenvalue weighted by Gasteiger charge is -2.11. The summed E-state index contributed by atoms with van der Waals surface area (Å²) in [4.78, 5) is 12.3. The molecule has 0 spiro atoms. The van der Waals surface area contributed by atoms with E-state index in [1.54, 1.807) is 18.3 Å². The topological polar surface area (TPSA) is 64.3 Å². The highest BCUT2D eigenvalue weighted by atomic mass is 16.5. The molecule has 1 N–H and O–H groups in total. The molecule has 20 heavy (non-hydrogen) atoms. The second-order valence-electron chi connectivity index (χ2n) is 4.60. The third kappa shape index (κ3) is 3.31. The Labute approximate surface area is 117 Å².